The first-order chi connectivity index (χ1) is 40.0. The van der Waals surface area contributed by atoms with E-state index in [9.17, 15) is 19.0 Å². The SMILES string of the molecule is CC/C=C\C/C=C\C/C=C\C/C=C\C/C=C\C/C=C\C/C=C\C/C=C\C/C=C\C/C=C\CCCCCCCCC(=O)OC(COC(=O)CCCCCCCC/C=C\C/C=C\C/C=C\CCCCCCC)COP(=O)([O-])OCC[N+](C)(C)C. The second kappa shape index (κ2) is 61.2. The Morgan fingerprint density at radius 2 is 0.695 bits per heavy atom. The van der Waals surface area contributed by atoms with Gasteiger partial charge in [0.1, 0.15) is 19.8 Å². The van der Waals surface area contributed by atoms with Crippen LogP contribution in [-0.2, 0) is 32.7 Å². The zero-order valence-electron chi connectivity index (χ0n) is 52.6. The Bertz CT molecular complexity index is 1940. The van der Waals surface area contributed by atoms with E-state index < -0.39 is 32.5 Å². The summed E-state index contributed by atoms with van der Waals surface area (Å²) in [4.78, 5) is 38.0. The number of hydrogen-bond acceptors (Lipinski definition) is 8. The van der Waals surface area contributed by atoms with Crippen LogP contribution in [0.4, 0.5) is 0 Å². The molecule has 0 radical (unpaired) electrons. The number of esters is 2. The Hall–Kier alpha value is -4.37. The van der Waals surface area contributed by atoms with E-state index in [1.807, 2.05) is 21.1 Å². The van der Waals surface area contributed by atoms with Gasteiger partial charge in [-0.2, -0.15) is 0 Å². The summed E-state index contributed by atoms with van der Waals surface area (Å²) >= 11 is 0. The minimum Gasteiger partial charge on any atom is -0.756 e. The molecule has 0 aliphatic heterocycles. The lowest BCUT2D eigenvalue weighted by Gasteiger charge is -2.28. The molecule has 0 spiro atoms. The second-order valence-electron chi connectivity index (χ2n) is 22.0. The predicted octanol–water partition coefficient (Wildman–Crippen LogP) is 20.2. The molecular weight excluding hydrogens is 1040 g/mol. The normalized spacial score (nSPS) is 14.3. The Morgan fingerprint density at radius 3 is 1.04 bits per heavy atom. The molecule has 2 atom stereocenters. The van der Waals surface area contributed by atoms with E-state index in [2.05, 4.69) is 172 Å². The lowest BCUT2D eigenvalue weighted by atomic mass is 10.1. The van der Waals surface area contributed by atoms with Crippen molar-refractivity contribution < 1.29 is 42.1 Å². The van der Waals surface area contributed by atoms with E-state index in [1.54, 1.807) is 0 Å². The molecule has 0 aliphatic rings. The van der Waals surface area contributed by atoms with Gasteiger partial charge < -0.3 is 27.9 Å². The Kier molecular flexibility index (Phi) is 57.9. The highest BCUT2D eigenvalue weighted by Gasteiger charge is 2.22. The first-order valence-corrected chi connectivity index (χ1v) is 33.7. The molecule has 0 aromatic heterocycles. The van der Waals surface area contributed by atoms with Crippen molar-refractivity contribution in [3.8, 4) is 0 Å². The molecule has 9 nitrogen and oxygen atoms in total. The van der Waals surface area contributed by atoms with Crippen LogP contribution in [0.5, 0.6) is 0 Å². The fourth-order valence-electron chi connectivity index (χ4n) is 8.10. The predicted molar refractivity (Wildman–Crippen MR) is 350 cm³/mol. The molecule has 0 rings (SSSR count). The molecule has 0 aromatic carbocycles. The van der Waals surface area contributed by atoms with Crippen LogP contribution in [-0.4, -0.2) is 70.0 Å². The van der Waals surface area contributed by atoms with Gasteiger partial charge in [-0.3, -0.25) is 14.2 Å². The average molecular weight is 1160 g/mol. The van der Waals surface area contributed by atoms with Crippen molar-refractivity contribution in [2.45, 2.75) is 238 Å². The van der Waals surface area contributed by atoms with Crippen LogP contribution < -0.4 is 4.89 Å². The summed E-state index contributed by atoms with van der Waals surface area (Å²) in [7, 11) is 1.12. The standard InChI is InChI=1S/C72H118NO8P/c1-6-8-10-12-14-16-18-20-22-24-26-28-29-30-31-32-33-34-35-36-37-38-39-40-41-42-43-45-47-49-51-53-55-57-59-61-63-65-72(75)81-70(69-80-82(76,77)79-67-66-73(3,4)5)68-78-71(74)64-62-60-58-56-54-52-50-48-46-44-27-25-23-21-19-17-15-13-11-9-7-2/h8,10,14,16,19-22,25-28,30-31,33-34,36-37,39-40,42-43,46-49,70H,6-7,9,11-13,15,17-18,23-24,29,32,35,38,41,44-45,50-69H2,1-5H3/b10-8-,16-14-,21-19-,22-20-,27-25-,28-26-,31-30-,34-33-,37-36-,40-39-,43-42-,48-46-,49-47-. The van der Waals surface area contributed by atoms with Crippen molar-refractivity contribution in [1.82, 2.24) is 0 Å². The molecule has 0 N–H and O–H groups in total. The molecular formula is C72H118NO8P. The molecule has 0 saturated heterocycles. The summed E-state index contributed by atoms with van der Waals surface area (Å²) in [5, 5.41) is 0. The second-order valence-corrected chi connectivity index (χ2v) is 23.4. The molecule has 0 heterocycles. The number of hydrogen-bond donors (Lipinski definition) is 0. The Labute approximate surface area is 503 Å². The fraction of sp³-hybridized carbons (Fsp3) is 0.611. The largest absolute Gasteiger partial charge is 0.756 e. The van der Waals surface area contributed by atoms with Gasteiger partial charge in [0.15, 0.2) is 6.10 Å². The molecule has 464 valence electrons. The van der Waals surface area contributed by atoms with Crippen molar-refractivity contribution in [1.29, 1.82) is 0 Å². The Balaban J connectivity index is 4.22. The summed E-state index contributed by atoms with van der Waals surface area (Å²) in [6.45, 7) is 4.06. The van der Waals surface area contributed by atoms with Gasteiger partial charge in [0.25, 0.3) is 7.82 Å². The number of phosphoric acid groups is 1. The number of unbranched alkanes of at least 4 members (excludes halogenated alkanes) is 17. The monoisotopic (exact) mass is 1160 g/mol. The smallest absolute Gasteiger partial charge is 0.306 e. The van der Waals surface area contributed by atoms with Gasteiger partial charge in [0.2, 0.25) is 0 Å². The van der Waals surface area contributed by atoms with Crippen molar-refractivity contribution in [3.05, 3.63) is 158 Å². The van der Waals surface area contributed by atoms with Gasteiger partial charge in [-0.15, -0.1) is 0 Å². The van der Waals surface area contributed by atoms with Crippen molar-refractivity contribution in [2.24, 2.45) is 0 Å². The summed E-state index contributed by atoms with van der Waals surface area (Å²) in [6.07, 6.45) is 91.5. The zero-order chi connectivity index (χ0) is 59.8. The lowest BCUT2D eigenvalue weighted by Crippen LogP contribution is -2.37. The quantitative estimate of drug-likeness (QED) is 0.0195. The van der Waals surface area contributed by atoms with E-state index in [1.165, 1.54) is 38.5 Å². The number of nitrogens with zero attached hydrogens (tertiary/aromatic N) is 1. The number of ether oxygens (including phenoxy) is 2. The highest BCUT2D eigenvalue weighted by atomic mass is 31.2. The summed E-state index contributed by atoms with van der Waals surface area (Å²) in [5.41, 5.74) is 0. The molecule has 10 heteroatoms. The van der Waals surface area contributed by atoms with Crippen molar-refractivity contribution in [3.63, 3.8) is 0 Å². The van der Waals surface area contributed by atoms with Crippen LogP contribution in [0, 0.1) is 0 Å². The van der Waals surface area contributed by atoms with E-state index in [4.69, 9.17) is 18.5 Å². The van der Waals surface area contributed by atoms with E-state index in [-0.39, 0.29) is 26.1 Å². The third-order valence-corrected chi connectivity index (χ3v) is 14.0. The van der Waals surface area contributed by atoms with E-state index in [0.717, 1.165) is 154 Å². The number of carbonyl (C=O) groups is 2. The van der Waals surface area contributed by atoms with Crippen LogP contribution in [0.2, 0.25) is 0 Å². The van der Waals surface area contributed by atoms with Crippen LogP contribution in [0.1, 0.15) is 232 Å². The number of quaternary nitrogens is 1. The van der Waals surface area contributed by atoms with Crippen molar-refractivity contribution >= 4 is 19.8 Å². The molecule has 0 amide bonds. The topological polar surface area (TPSA) is 111 Å². The number of allylic oxidation sites excluding steroid dienone is 26. The molecule has 2 unspecified atom stereocenters. The number of phosphoric ester groups is 1. The highest BCUT2D eigenvalue weighted by Crippen LogP contribution is 2.38. The van der Waals surface area contributed by atoms with Crippen LogP contribution in [0.3, 0.4) is 0 Å². The third-order valence-electron chi connectivity index (χ3n) is 13.0. The minimum absolute atomic E-state index is 0.0451. The number of rotatable bonds is 57. The zero-order valence-corrected chi connectivity index (χ0v) is 53.5. The lowest BCUT2D eigenvalue weighted by molar-refractivity contribution is -0.870. The number of carbonyl (C=O) groups excluding carboxylic acids is 2. The van der Waals surface area contributed by atoms with Crippen LogP contribution >= 0.6 is 7.82 Å². The maximum Gasteiger partial charge on any atom is 0.306 e. The molecule has 0 aromatic rings. The van der Waals surface area contributed by atoms with Gasteiger partial charge in [0, 0.05) is 12.8 Å². The van der Waals surface area contributed by atoms with Crippen LogP contribution in [0.15, 0.2) is 158 Å². The van der Waals surface area contributed by atoms with E-state index in [0.29, 0.717) is 23.9 Å². The van der Waals surface area contributed by atoms with Gasteiger partial charge >= 0.3 is 11.9 Å². The number of likely N-dealkylation sites (N-methyl/N-ethyl adjacent to an activating group) is 1. The summed E-state index contributed by atoms with van der Waals surface area (Å²) in [6, 6.07) is 0. The third kappa shape index (κ3) is 64.8. The molecule has 0 saturated carbocycles. The van der Waals surface area contributed by atoms with Gasteiger partial charge in [-0.25, -0.2) is 0 Å². The van der Waals surface area contributed by atoms with Crippen molar-refractivity contribution in [2.75, 3.05) is 47.5 Å². The maximum absolute atomic E-state index is 12.8. The Morgan fingerprint density at radius 1 is 0.390 bits per heavy atom. The maximum atomic E-state index is 12.8. The summed E-state index contributed by atoms with van der Waals surface area (Å²) < 4.78 is 34.2. The molecule has 0 aliphatic carbocycles. The van der Waals surface area contributed by atoms with Gasteiger partial charge in [-0.05, 0) is 128 Å². The molecule has 0 fully saturated rings. The fourth-order valence-corrected chi connectivity index (χ4v) is 8.83. The van der Waals surface area contributed by atoms with Crippen LogP contribution in [0.25, 0.3) is 0 Å². The summed E-state index contributed by atoms with van der Waals surface area (Å²) in [5.74, 6) is -0.876. The van der Waals surface area contributed by atoms with E-state index >= 15 is 0 Å². The first kappa shape index (κ1) is 77.6. The first-order valence-electron chi connectivity index (χ1n) is 32.2. The molecule has 82 heavy (non-hydrogen) atoms. The minimum atomic E-state index is -4.66. The highest BCUT2D eigenvalue weighted by molar-refractivity contribution is 7.45. The average Bonchev–Trinajstić information content (AvgIpc) is 3.46. The molecule has 0 bridgehead atoms. The van der Waals surface area contributed by atoms with Gasteiger partial charge in [-0.1, -0.05) is 249 Å². The van der Waals surface area contributed by atoms with Gasteiger partial charge in [0.05, 0.1) is 27.7 Å².